The van der Waals surface area contributed by atoms with Crippen molar-refractivity contribution in [1.82, 2.24) is 15.5 Å². The number of hydrogen-bond acceptors (Lipinski definition) is 3. The Morgan fingerprint density at radius 1 is 1.22 bits per heavy atom. The number of nitrogens with one attached hydrogen (secondary N) is 2. The Morgan fingerprint density at radius 3 is 2.65 bits per heavy atom. The van der Waals surface area contributed by atoms with Crippen LogP contribution >= 0.6 is 0 Å². The zero-order valence-electron chi connectivity index (χ0n) is 14.4. The fourth-order valence-electron chi connectivity index (χ4n) is 2.66. The van der Waals surface area contributed by atoms with Gasteiger partial charge < -0.3 is 20.3 Å². The van der Waals surface area contributed by atoms with E-state index in [0.29, 0.717) is 12.5 Å². The number of piperidine rings is 1. The number of ether oxygens (including phenoxy) is 1. The number of aliphatic imine (C=N–C) groups is 1. The summed E-state index contributed by atoms with van der Waals surface area (Å²) in [5, 5.41) is 6.65. The lowest BCUT2D eigenvalue weighted by Gasteiger charge is -2.28. The van der Waals surface area contributed by atoms with Gasteiger partial charge in [0.1, 0.15) is 12.4 Å². The van der Waals surface area contributed by atoms with Crippen LogP contribution < -0.4 is 15.4 Å². The molecule has 1 saturated heterocycles. The van der Waals surface area contributed by atoms with E-state index in [1.165, 1.54) is 25.9 Å². The Morgan fingerprint density at radius 2 is 1.96 bits per heavy atom. The number of hydrogen-bond donors (Lipinski definition) is 2. The number of rotatable bonds is 7. The molecule has 0 amide bonds. The predicted molar refractivity (Wildman–Crippen MR) is 96.1 cm³/mol. The molecule has 1 aliphatic rings. The zero-order chi connectivity index (χ0) is 16.3. The molecule has 128 valence electrons. The summed E-state index contributed by atoms with van der Waals surface area (Å²) in [6.07, 6.45) is 2.49. The molecule has 0 bridgehead atoms. The summed E-state index contributed by atoms with van der Waals surface area (Å²) in [6, 6.07) is 9.90. The smallest absolute Gasteiger partial charge is 0.191 e. The molecule has 0 aromatic heterocycles. The van der Waals surface area contributed by atoms with E-state index in [9.17, 15) is 0 Å². The molecule has 2 N–H and O–H groups in total. The fraction of sp³-hybridized carbons (Fsp3) is 0.611. The van der Waals surface area contributed by atoms with Crippen LogP contribution in [0.3, 0.4) is 0 Å². The molecule has 0 radical (unpaired) electrons. The zero-order valence-corrected chi connectivity index (χ0v) is 14.4. The minimum Gasteiger partial charge on any atom is -0.492 e. The molecular weight excluding hydrogens is 288 g/mol. The van der Waals surface area contributed by atoms with Crippen molar-refractivity contribution in [2.45, 2.75) is 19.8 Å². The first-order valence-corrected chi connectivity index (χ1v) is 8.66. The molecule has 23 heavy (non-hydrogen) atoms. The minimum absolute atomic E-state index is 0.628. The van der Waals surface area contributed by atoms with Gasteiger partial charge in [-0.1, -0.05) is 18.2 Å². The molecular formula is C18H30N4O. The Kier molecular flexibility index (Phi) is 7.73. The third-order valence-corrected chi connectivity index (χ3v) is 4.10. The average molecular weight is 318 g/mol. The Balaban J connectivity index is 1.69. The maximum Gasteiger partial charge on any atom is 0.191 e. The van der Waals surface area contributed by atoms with Crippen LogP contribution in [0.5, 0.6) is 5.75 Å². The van der Waals surface area contributed by atoms with Gasteiger partial charge in [-0.25, -0.2) is 0 Å². The number of likely N-dealkylation sites (tertiary alicyclic amines) is 1. The highest BCUT2D eigenvalue weighted by molar-refractivity contribution is 5.79. The number of nitrogens with zero attached hydrogens (tertiary/aromatic N) is 2. The standard InChI is InChI=1S/C18H30N4O/c1-3-19-18(21-15-16-9-12-22(2)13-10-16)20-11-14-23-17-7-5-4-6-8-17/h4-8,16H,3,9-15H2,1-2H3,(H2,19,20,21). The number of benzene rings is 1. The van der Waals surface area contributed by atoms with E-state index in [1.54, 1.807) is 0 Å². The summed E-state index contributed by atoms with van der Waals surface area (Å²) in [4.78, 5) is 7.12. The minimum atomic E-state index is 0.628. The van der Waals surface area contributed by atoms with Gasteiger partial charge in [-0.2, -0.15) is 0 Å². The second-order valence-corrected chi connectivity index (χ2v) is 6.05. The Labute approximate surface area is 140 Å². The first-order valence-electron chi connectivity index (χ1n) is 8.66. The second-order valence-electron chi connectivity index (χ2n) is 6.05. The van der Waals surface area contributed by atoms with Gasteiger partial charge in [-0.15, -0.1) is 0 Å². The molecule has 0 spiro atoms. The van der Waals surface area contributed by atoms with E-state index in [4.69, 9.17) is 9.73 Å². The lowest BCUT2D eigenvalue weighted by molar-refractivity contribution is 0.223. The van der Waals surface area contributed by atoms with Gasteiger partial charge in [0.25, 0.3) is 0 Å². The molecule has 0 saturated carbocycles. The lowest BCUT2D eigenvalue weighted by Crippen LogP contribution is -2.40. The summed E-state index contributed by atoms with van der Waals surface area (Å²) in [5.41, 5.74) is 0. The highest BCUT2D eigenvalue weighted by Crippen LogP contribution is 2.15. The predicted octanol–water partition coefficient (Wildman–Crippen LogP) is 1.96. The largest absolute Gasteiger partial charge is 0.492 e. The first-order chi connectivity index (χ1) is 11.3. The first kappa shape index (κ1) is 17.6. The van der Waals surface area contributed by atoms with Crippen LogP contribution in [0.4, 0.5) is 0 Å². The van der Waals surface area contributed by atoms with Crippen LogP contribution in [-0.2, 0) is 0 Å². The van der Waals surface area contributed by atoms with E-state index >= 15 is 0 Å². The van der Waals surface area contributed by atoms with Crippen LogP contribution in [0.1, 0.15) is 19.8 Å². The topological polar surface area (TPSA) is 48.9 Å². The van der Waals surface area contributed by atoms with Crippen LogP contribution in [-0.4, -0.2) is 57.2 Å². The molecule has 5 heteroatoms. The van der Waals surface area contributed by atoms with Gasteiger partial charge in [0.05, 0.1) is 6.54 Å². The van der Waals surface area contributed by atoms with E-state index in [2.05, 4.69) is 29.5 Å². The van der Waals surface area contributed by atoms with Gasteiger partial charge in [0.15, 0.2) is 5.96 Å². The third-order valence-electron chi connectivity index (χ3n) is 4.10. The highest BCUT2D eigenvalue weighted by Gasteiger charge is 2.16. The molecule has 5 nitrogen and oxygen atoms in total. The number of para-hydroxylation sites is 1. The summed E-state index contributed by atoms with van der Waals surface area (Å²) in [7, 11) is 2.19. The van der Waals surface area contributed by atoms with Crippen molar-refractivity contribution in [2.24, 2.45) is 10.9 Å². The maximum atomic E-state index is 5.69. The summed E-state index contributed by atoms with van der Waals surface area (Å²) in [6.45, 7) is 7.62. The molecule has 1 aliphatic heterocycles. The Hall–Kier alpha value is -1.75. The van der Waals surface area contributed by atoms with Crippen LogP contribution in [0.25, 0.3) is 0 Å². The van der Waals surface area contributed by atoms with E-state index < -0.39 is 0 Å². The van der Waals surface area contributed by atoms with Gasteiger partial charge >= 0.3 is 0 Å². The normalized spacial score (nSPS) is 17.0. The molecule has 0 atom stereocenters. The van der Waals surface area contributed by atoms with Crippen molar-refractivity contribution in [3.63, 3.8) is 0 Å². The van der Waals surface area contributed by atoms with Gasteiger partial charge in [0.2, 0.25) is 0 Å². The molecule has 0 aliphatic carbocycles. The molecule has 0 unspecified atom stereocenters. The van der Waals surface area contributed by atoms with Crippen molar-refractivity contribution >= 4 is 5.96 Å². The maximum absolute atomic E-state index is 5.69. The fourth-order valence-corrected chi connectivity index (χ4v) is 2.66. The lowest BCUT2D eigenvalue weighted by atomic mass is 9.97. The molecule has 2 rings (SSSR count). The Bertz CT molecular complexity index is 455. The number of guanidine groups is 1. The van der Waals surface area contributed by atoms with Gasteiger partial charge in [-0.3, -0.25) is 4.99 Å². The van der Waals surface area contributed by atoms with E-state index in [1.807, 2.05) is 30.3 Å². The van der Waals surface area contributed by atoms with Crippen LogP contribution in [0.15, 0.2) is 35.3 Å². The van der Waals surface area contributed by atoms with Crippen molar-refractivity contribution in [3.05, 3.63) is 30.3 Å². The van der Waals surface area contributed by atoms with Crippen molar-refractivity contribution in [1.29, 1.82) is 0 Å². The summed E-state index contributed by atoms with van der Waals surface area (Å²) >= 11 is 0. The molecule has 1 fully saturated rings. The van der Waals surface area contributed by atoms with Gasteiger partial charge in [0, 0.05) is 13.1 Å². The van der Waals surface area contributed by atoms with Crippen molar-refractivity contribution < 1.29 is 4.74 Å². The van der Waals surface area contributed by atoms with Crippen molar-refractivity contribution in [3.8, 4) is 5.75 Å². The summed E-state index contributed by atoms with van der Waals surface area (Å²) in [5.74, 6) is 2.51. The van der Waals surface area contributed by atoms with E-state index in [0.717, 1.165) is 31.3 Å². The van der Waals surface area contributed by atoms with Crippen LogP contribution in [0.2, 0.25) is 0 Å². The third kappa shape index (κ3) is 6.91. The van der Waals surface area contributed by atoms with Gasteiger partial charge in [-0.05, 0) is 58.0 Å². The average Bonchev–Trinajstić information content (AvgIpc) is 2.59. The molecule has 1 aromatic rings. The second kappa shape index (κ2) is 10.1. The van der Waals surface area contributed by atoms with Crippen LogP contribution in [0, 0.1) is 5.92 Å². The summed E-state index contributed by atoms with van der Waals surface area (Å²) < 4.78 is 5.69. The monoisotopic (exact) mass is 318 g/mol. The molecule has 1 heterocycles. The van der Waals surface area contributed by atoms with E-state index in [-0.39, 0.29) is 0 Å². The highest BCUT2D eigenvalue weighted by atomic mass is 16.5. The van der Waals surface area contributed by atoms with Crippen molar-refractivity contribution in [2.75, 3.05) is 46.4 Å². The quantitative estimate of drug-likeness (QED) is 0.458. The SMILES string of the molecule is CCNC(=NCC1CCN(C)CC1)NCCOc1ccccc1. The molecule has 1 aromatic carbocycles.